The standard InChI is InChI=1S/C12H12FN5O2S/c13-8-3-1-2-4-9(8)18-7-15-17-12(18)21-6-5-10(19)16-11(14)20/h1-4,7H,5-6H2,(H3,14,16,19,20). The van der Waals surface area contributed by atoms with Crippen LogP contribution in [0.4, 0.5) is 9.18 Å². The fourth-order valence-corrected chi connectivity index (χ4v) is 2.43. The van der Waals surface area contributed by atoms with Gasteiger partial charge >= 0.3 is 6.03 Å². The van der Waals surface area contributed by atoms with E-state index in [1.54, 1.807) is 18.2 Å². The van der Waals surface area contributed by atoms with E-state index in [-0.39, 0.29) is 6.42 Å². The highest BCUT2D eigenvalue weighted by molar-refractivity contribution is 7.99. The van der Waals surface area contributed by atoms with Crippen LogP contribution in [0, 0.1) is 5.82 Å². The maximum Gasteiger partial charge on any atom is 0.318 e. The fourth-order valence-electron chi connectivity index (χ4n) is 1.57. The summed E-state index contributed by atoms with van der Waals surface area (Å²) in [5, 5.41) is 10.0. The molecular formula is C12H12FN5O2S. The van der Waals surface area contributed by atoms with Crippen LogP contribution in [0.15, 0.2) is 35.7 Å². The molecule has 1 aromatic heterocycles. The number of carbonyl (C=O) groups excluding carboxylic acids is 2. The van der Waals surface area contributed by atoms with E-state index in [0.717, 1.165) is 0 Å². The third-order valence-corrected chi connectivity index (χ3v) is 3.40. The Hall–Kier alpha value is -2.42. The van der Waals surface area contributed by atoms with Crippen molar-refractivity contribution in [2.24, 2.45) is 5.73 Å². The normalized spacial score (nSPS) is 10.3. The maximum absolute atomic E-state index is 13.7. The number of hydrogen-bond acceptors (Lipinski definition) is 5. The minimum Gasteiger partial charge on any atom is -0.351 e. The van der Waals surface area contributed by atoms with Crippen LogP contribution in [0.2, 0.25) is 0 Å². The van der Waals surface area contributed by atoms with Gasteiger partial charge in [0.25, 0.3) is 0 Å². The zero-order chi connectivity index (χ0) is 15.2. The van der Waals surface area contributed by atoms with Crippen molar-refractivity contribution in [1.82, 2.24) is 20.1 Å². The number of hydrogen-bond donors (Lipinski definition) is 2. The van der Waals surface area contributed by atoms with Gasteiger partial charge in [0.05, 0.1) is 5.69 Å². The molecule has 0 spiro atoms. The molecule has 0 fully saturated rings. The van der Waals surface area contributed by atoms with Gasteiger partial charge in [-0.25, -0.2) is 9.18 Å². The molecule has 0 saturated carbocycles. The molecule has 3 N–H and O–H groups in total. The third kappa shape index (κ3) is 4.02. The van der Waals surface area contributed by atoms with E-state index in [0.29, 0.717) is 16.6 Å². The topological polar surface area (TPSA) is 103 Å². The highest BCUT2D eigenvalue weighted by Crippen LogP contribution is 2.21. The van der Waals surface area contributed by atoms with Crippen molar-refractivity contribution in [2.75, 3.05) is 5.75 Å². The second-order valence-corrected chi connectivity index (χ2v) is 5.01. The van der Waals surface area contributed by atoms with Gasteiger partial charge < -0.3 is 5.73 Å². The number of carbonyl (C=O) groups is 2. The average Bonchev–Trinajstić information content (AvgIpc) is 2.86. The average molecular weight is 309 g/mol. The summed E-state index contributed by atoms with van der Waals surface area (Å²) >= 11 is 1.22. The lowest BCUT2D eigenvalue weighted by molar-refractivity contribution is -0.119. The number of amides is 3. The van der Waals surface area contributed by atoms with Crippen molar-refractivity contribution in [3.05, 3.63) is 36.4 Å². The van der Waals surface area contributed by atoms with Crippen molar-refractivity contribution in [2.45, 2.75) is 11.6 Å². The summed E-state index contributed by atoms with van der Waals surface area (Å²) in [5.41, 5.74) is 5.16. The van der Waals surface area contributed by atoms with Crippen LogP contribution in [0.5, 0.6) is 0 Å². The monoisotopic (exact) mass is 309 g/mol. The third-order valence-electron chi connectivity index (χ3n) is 2.45. The van der Waals surface area contributed by atoms with Crippen LogP contribution in [-0.2, 0) is 4.79 Å². The Balaban J connectivity index is 2.00. The first-order valence-corrected chi connectivity index (χ1v) is 6.93. The predicted molar refractivity (Wildman–Crippen MR) is 74.4 cm³/mol. The molecule has 0 atom stereocenters. The number of nitrogens with zero attached hydrogens (tertiary/aromatic N) is 3. The van der Waals surface area contributed by atoms with Gasteiger partial charge in [0.15, 0.2) is 5.16 Å². The summed E-state index contributed by atoms with van der Waals surface area (Å²) in [6, 6.07) is 5.34. The summed E-state index contributed by atoms with van der Waals surface area (Å²) in [6.07, 6.45) is 1.47. The lowest BCUT2D eigenvalue weighted by Gasteiger charge is -2.06. The summed E-state index contributed by atoms with van der Waals surface area (Å²) < 4.78 is 15.2. The van der Waals surface area contributed by atoms with Crippen molar-refractivity contribution in [1.29, 1.82) is 0 Å². The number of halogens is 1. The number of nitrogens with two attached hydrogens (primary N) is 1. The van der Waals surface area contributed by atoms with Crippen LogP contribution in [-0.4, -0.2) is 32.5 Å². The molecule has 0 saturated heterocycles. The largest absolute Gasteiger partial charge is 0.351 e. The molecule has 0 aliphatic heterocycles. The molecule has 1 aromatic carbocycles. The van der Waals surface area contributed by atoms with Crippen molar-refractivity contribution < 1.29 is 14.0 Å². The number of aromatic nitrogens is 3. The smallest absolute Gasteiger partial charge is 0.318 e. The summed E-state index contributed by atoms with van der Waals surface area (Å²) in [7, 11) is 0. The number of primary amides is 1. The molecule has 21 heavy (non-hydrogen) atoms. The first-order chi connectivity index (χ1) is 10.1. The van der Waals surface area contributed by atoms with Gasteiger partial charge in [-0.2, -0.15) is 0 Å². The molecule has 0 aliphatic carbocycles. The van der Waals surface area contributed by atoms with Crippen LogP contribution in [0.1, 0.15) is 6.42 Å². The molecule has 2 aromatic rings. The van der Waals surface area contributed by atoms with Gasteiger partial charge in [-0.3, -0.25) is 14.7 Å². The Morgan fingerprint density at radius 3 is 2.86 bits per heavy atom. The molecule has 0 unspecified atom stereocenters. The van der Waals surface area contributed by atoms with Crippen LogP contribution >= 0.6 is 11.8 Å². The van der Waals surface area contributed by atoms with E-state index < -0.39 is 17.8 Å². The van der Waals surface area contributed by atoms with Gasteiger partial charge in [0.2, 0.25) is 5.91 Å². The number of thioether (sulfide) groups is 1. The van der Waals surface area contributed by atoms with Gasteiger partial charge in [-0.05, 0) is 12.1 Å². The summed E-state index contributed by atoms with van der Waals surface area (Å²) in [4.78, 5) is 21.8. The first kappa shape index (κ1) is 15.0. The highest BCUT2D eigenvalue weighted by atomic mass is 32.2. The Morgan fingerprint density at radius 2 is 2.14 bits per heavy atom. The molecule has 0 radical (unpaired) electrons. The number of para-hydroxylation sites is 1. The van der Waals surface area contributed by atoms with Crippen molar-refractivity contribution in [3.63, 3.8) is 0 Å². The van der Waals surface area contributed by atoms with Crippen LogP contribution in [0.25, 0.3) is 5.69 Å². The lowest BCUT2D eigenvalue weighted by Crippen LogP contribution is -2.35. The summed E-state index contributed by atoms with van der Waals surface area (Å²) in [6.45, 7) is 0. The second-order valence-electron chi connectivity index (χ2n) is 3.95. The minimum atomic E-state index is -0.889. The van der Waals surface area contributed by atoms with E-state index >= 15 is 0 Å². The zero-order valence-corrected chi connectivity index (χ0v) is 11.6. The molecule has 3 amide bonds. The molecule has 7 nitrogen and oxygen atoms in total. The van der Waals surface area contributed by atoms with Gasteiger partial charge in [0, 0.05) is 12.2 Å². The number of rotatable bonds is 5. The highest BCUT2D eigenvalue weighted by Gasteiger charge is 2.11. The van der Waals surface area contributed by atoms with E-state index in [9.17, 15) is 14.0 Å². The van der Waals surface area contributed by atoms with E-state index in [1.807, 2.05) is 5.32 Å². The number of imide groups is 1. The predicted octanol–water partition coefficient (Wildman–Crippen LogP) is 1.08. The Morgan fingerprint density at radius 1 is 1.38 bits per heavy atom. The van der Waals surface area contributed by atoms with Crippen LogP contribution < -0.4 is 11.1 Å². The summed E-state index contributed by atoms with van der Waals surface area (Å²) in [5.74, 6) is -0.524. The minimum absolute atomic E-state index is 0.0811. The second kappa shape index (κ2) is 6.84. The number of nitrogens with one attached hydrogen (secondary N) is 1. The molecule has 9 heteroatoms. The van der Waals surface area contributed by atoms with Gasteiger partial charge in [-0.1, -0.05) is 23.9 Å². The Kier molecular flexibility index (Phi) is 4.88. The lowest BCUT2D eigenvalue weighted by atomic mass is 10.3. The molecule has 2 rings (SSSR count). The number of benzene rings is 1. The van der Waals surface area contributed by atoms with Crippen molar-refractivity contribution >= 4 is 23.7 Å². The van der Waals surface area contributed by atoms with Crippen LogP contribution in [0.3, 0.4) is 0 Å². The first-order valence-electron chi connectivity index (χ1n) is 5.95. The van der Waals surface area contributed by atoms with E-state index in [1.165, 1.54) is 28.7 Å². The van der Waals surface area contributed by atoms with E-state index in [4.69, 9.17) is 5.73 Å². The van der Waals surface area contributed by atoms with Gasteiger partial charge in [0.1, 0.15) is 12.1 Å². The fraction of sp³-hybridized carbons (Fsp3) is 0.167. The maximum atomic E-state index is 13.7. The van der Waals surface area contributed by atoms with Crippen molar-refractivity contribution in [3.8, 4) is 5.69 Å². The molecule has 0 aliphatic rings. The number of urea groups is 1. The molecule has 1 heterocycles. The molecular weight excluding hydrogens is 297 g/mol. The Bertz CT molecular complexity index is 661. The zero-order valence-electron chi connectivity index (χ0n) is 10.8. The quantitative estimate of drug-likeness (QED) is 0.805. The Labute approximate surface area is 123 Å². The van der Waals surface area contributed by atoms with E-state index in [2.05, 4.69) is 10.2 Å². The SMILES string of the molecule is NC(=O)NC(=O)CCSc1nncn1-c1ccccc1F. The molecule has 110 valence electrons. The van der Waals surface area contributed by atoms with Gasteiger partial charge in [-0.15, -0.1) is 10.2 Å². The molecule has 0 bridgehead atoms.